The first-order valence-corrected chi connectivity index (χ1v) is 3.26. The molecule has 1 aromatic carbocycles. The van der Waals surface area contributed by atoms with Crippen LogP contribution in [0.15, 0.2) is 18.2 Å². The molecule has 11 heavy (non-hydrogen) atoms. The van der Waals surface area contributed by atoms with Crippen molar-refractivity contribution in [2.24, 2.45) is 5.73 Å². The highest BCUT2D eigenvalue weighted by Gasteiger charge is 1.98. The van der Waals surface area contributed by atoms with E-state index in [4.69, 9.17) is 17.3 Å². The number of hydrogen-bond donors (Lipinski definition) is 1. The molecule has 1 nitrogen and oxygen atoms in total. The lowest BCUT2D eigenvalue weighted by molar-refractivity contribution is 0.610. The molecule has 0 fully saturated rings. The van der Waals surface area contributed by atoms with Gasteiger partial charge in [0.1, 0.15) is 5.82 Å². The molecule has 0 amide bonds. The summed E-state index contributed by atoms with van der Waals surface area (Å²) >= 11 is 5.57. The topological polar surface area (TPSA) is 26.0 Å². The van der Waals surface area contributed by atoms with Crippen molar-refractivity contribution in [2.45, 2.75) is 6.54 Å². The molecule has 0 aliphatic heterocycles. The van der Waals surface area contributed by atoms with Crippen LogP contribution in [-0.4, -0.2) is 0 Å². The van der Waals surface area contributed by atoms with Crippen LogP contribution in [0.1, 0.15) is 5.56 Å². The van der Waals surface area contributed by atoms with E-state index in [1.807, 2.05) is 0 Å². The van der Waals surface area contributed by atoms with Gasteiger partial charge in [-0.3, -0.25) is 0 Å². The van der Waals surface area contributed by atoms with Crippen molar-refractivity contribution in [3.8, 4) is 0 Å². The Kier molecular flexibility index (Phi) is 4.65. The molecule has 0 bridgehead atoms. The summed E-state index contributed by atoms with van der Waals surface area (Å²) in [6.07, 6.45) is 0. The number of halogens is 3. The van der Waals surface area contributed by atoms with Gasteiger partial charge in [0.05, 0.1) is 0 Å². The minimum absolute atomic E-state index is 0. The van der Waals surface area contributed by atoms with E-state index in [-0.39, 0.29) is 29.3 Å². The van der Waals surface area contributed by atoms with Crippen LogP contribution >= 0.6 is 28.6 Å². The van der Waals surface area contributed by atoms with Gasteiger partial charge in [-0.25, -0.2) is 4.39 Å². The molecular formula is C7H8BrClFN. The molecule has 62 valence electrons. The monoisotopic (exact) mass is 239 g/mol. The summed E-state index contributed by atoms with van der Waals surface area (Å²) < 4.78 is 12.6. The zero-order valence-corrected chi connectivity index (χ0v) is 8.15. The number of nitrogens with two attached hydrogens (primary N) is 1. The molecule has 1 aromatic rings. The lowest BCUT2D eigenvalue weighted by Gasteiger charge is -1.97. The summed E-state index contributed by atoms with van der Waals surface area (Å²) in [6, 6.07) is 4.33. The van der Waals surface area contributed by atoms with Crippen LogP contribution in [0.5, 0.6) is 0 Å². The minimum atomic E-state index is -0.299. The van der Waals surface area contributed by atoms with Gasteiger partial charge < -0.3 is 5.73 Å². The number of benzene rings is 1. The Hall–Kier alpha value is -0.120. The molecule has 0 saturated heterocycles. The lowest BCUT2D eigenvalue weighted by atomic mass is 10.2. The Balaban J connectivity index is 0.000001000. The molecular weight excluding hydrogens is 232 g/mol. The Bertz CT molecular complexity index is 242. The van der Waals surface area contributed by atoms with Gasteiger partial charge in [-0.15, -0.1) is 17.0 Å². The third-order valence-corrected chi connectivity index (χ3v) is 1.46. The van der Waals surface area contributed by atoms with E-state index in [1.165, 1.54) is 18.2 Å². The molecule has 0 heterocycles. The maximum Gasteiger partial charge on any atom is 0.127 e. The second-order valence-corrected chi connectivity index (χ2v) is 2.38. The summed E-state index contributed by atoms with van der Waals surface area (Å²) in [7, 11) is 0. The van der Waals surface area contributed by atoms with E-state index >= 15 is 0 Å². The van der Waals surface area contributed by atoms with E-state index in [0.29, 0.717) is 10.6 Å². The van der Waals surface area contributed by atoms with Gasteiger partial charge in [0.25, 0.3) is 0 Å². The number of hydrogen-bond acceptors (Lipinski definition) is 1. The van der Waals surface area contributed by atoms with Gasteiger partial charge in [0.2, 0.25) is 0 Å². The van der Waals surface area contributed by atoms with Gasteiger partial charge >= 0.3 is 0 Å². The van der Waals surface area contributed by atoms with E-state index in [9.17, 15) is 4.39 Å². The van der Waals surface area contributed by atoms with Crippen molar-refractivity contribution in [3.63, 3.8) is 0 Å². The van der Waals surface area contributed by atoms with Crippen LogP contribution in [-0.2, 0) is 6.54 Å². The highest BCUT2D eigenvalue weighted by molar-refractivity contribution is 8.93. The van der Waals surface area contributed by atoms with Crippen LogP contribution < -0.4 is 5.73 Å². The Morgan fingerprint density at radius 1 is 1.45 bits per heavy atom. The van der Waals surface area contributed by atoms with E-state index < -0.39 is 0 Å². The minimum Gasteiger partial charge on any atom is -0.326 e. The Morgan fingerprint density at radius 3 is 2.55 bits per heavy atom. The first kappa shape index (κ1) is 10.9. The summed E-state index contributed by atoms with van der Waals surface area (Å²) in [5, 5.41) is 0.516. The average Bonchev–Trinajstić information content (AvgIpc) is 1.94. The van der Waals surface area contributed by atoms with Crippen LogP contribution in [0, 0.1) is 5.82 Å². The molecule has 0 atom stereocenters. The Labute approximate surface area is 80.1 Å². The maximum atomic E-state index is 12.6. The van der Waals surface area contributed by atoms with E-state index in [0.717, 1.165) is 0 Å². The zero-order valence-electron chi connectivity index (χ0n) is 5.68. The van der Waals surface area contributed by atoms with Crippen LogP contribution in [0.25, 0.3) is 0 Å². The van der Waals surface area contributed by atoms with Crippen molar-refractivity contribution >= 4 is 28.6 Å². The average molecular weight is 241 g/mol. The van der Waals surface area contributed by atoms with Gasteiger partial charge in [-0.1, -0.05) is 11.6 Å². The van der Waals surface area contributed by atoms with Gasteiger partial charge in [-0.2, -0.15) is 0 Å². The van der Waals surface area contributed by atoms with Crippen LogP contribution in [0.2, 0.25) is 5.02 Å². The summed E-state index contributed by atoms with van der Waals surface area (Å²) in [4.78, 5) is 0. The largest absolute Gasteiger partial charge is 0.326 e. The molecule has 2 N–H and O–H groups in total. The van der Waals surface area contributed by atoms with Gasteiger partial charge in [0.15, 0.2) is 0 Å². The second kappa shape index (κ2) is 4.70. The van der Waals surface area contributed by atoms with Crippen molar-refractivity contribution in [1.29, 1.82) is 0 Å². The van der Waals surface area contributed by atoms with Gasteiger partial charge in [0, 0.05) is 17.1 Å². The predicted octanol–water partition coefficient (Wildman–Crippen LogP) is 2.52. The highest BCUT2D eigenvalue weighted by Crippen LogP contribution is 2.13. The van der Waals surface area contributed by atoms with Crippen LogP contribution in [0.4, 0.5) is 4.39 Å². The normalized spacial score (nSPS) is 9.00. The van der Waals surface area contributed by atoms with Crippen molar-refractivity contribution in [2.75, 3.05) is 0 Å². The molecule has 0 radical (unpaired) electrons. The summed E-state index contributed by atoms with van der Waals surface area (Å²) in [5.41, 5.74) is 5.67. The van der Waals surface area contributed by atoms with E-state index in [2.05, 4.69) is 0 Å². The standard InChI is InChI=1S/C7H7ClFN.BrH/c8-6-1-2-7(9)5(3-6)4-10;/h1-3H,4,10H2;1H. The molecule has 0 aliphatic rings. The lowest BCUT2D eigenvalue weighted by Crippen LogP contribution is -1.98. The molecule has 4 heteroatoms. The molecule has 0 saturated carbocycles. The fourth-order valence-corrected chi connectivity index (χ4v) is 0.894. The predicted molar refractivity (Wildman–Crippen MR) is 49.6 cm³/mol. The smallest absolute Gasteiger partial charge is 0.127 e. The maximum absolute atomic E-state index is 12.6. The summed E-state index contributed by atoms with van der Waals surface area (Å²) in [6.45, 7) is 0.187. The van der Waals surface area contributed by atoms with Crippen molar-refractivity contribution < 1.29 is 4.39 Å². The van der Waals surface area contributed by atoms with Crippen molar-refractivity contribution in [1.82, 2.24) is 0 Å². The second-order valence-electron chi connectivity index (χ2n) is 1.94. The summed E-state index contributed by atoms with van der Waals surface area (Å²) in [5.74, 6) is -0.299. The zero-order chi connectivity index (χ0) is 7.56. The van der Waals surface area contributed by atoms with E-state index in [1.54, 1.807) is 0 Å². The fraction of sp³-hybridized carbons (Fsp3) is 0.143. The molecule has 0 aromatic heterocycles. The van der Waals surface area contributed by atoms with Crippen molar-refractivity contribution in [3.05, 3.63) is 34.6 Å². The highest BCUT2D eigenvalue weighted by atomic mass is 79.9. The third kappa shape index (κ3) is 2.77. The van der Waals surface area contributed by atoms with Gasteiger partial charge in [-0.05, 0) is 18.2 Å². The molecule has 1 rings (SSSR count). The number of rotatable bonds is 1. The Morgan fingerprint density at radius 2 is 2.09 bits per heavy atom. The molecule has 0 unspecified atom stereocenters. The SMILES string of the molecule is Br.NCc1cc(Cl)ccc1F. The third-order valence-electron chi connectivity index (χ3n) is 1.23. The van der Waals surface area contributed by atoms with Crippen LogP contribution in [0.3, 0.4) is 0 Å². The first-order chi connectivity index (χ1) is 4.74. The molecule has 0 aliphatic carbocycles. The quantitative estimate of drug-likeness (QED) is 0.802. The first-order valence-electron chi connectivity index (χ1n) is 2.88. The molecule has 0 spiro atoms. The fourth-order valence-electron chi connectivity index (χ4n) is 0.700.